The first kappa shape index (κ1) is 24.5. The quantitative estimate of drug-likeness (QED) is 0.453. The molecule has 2 aromatic carbocycles. The molecule has 1 unspecified atom stereocenters. The van der Waals surface area contributed by atoms with Gasteiger partial charge in [-0.15, -0.1) is 0 Å². The summed E-state index contributed by atoms with van der Waals surface area (Å²) in [5, 5.41) is 21.5. The predicted molar refractivity (Wildman–Crippen MR) is 134 cm³/mol. The van der Waals surface area contributed by atoms with E-state index >= 15 is 0 Å². The van der Waals surface area contributed by atoms with Crippen molar-refractivity contribution in [3.8, 4) is 11.5 Å². The van der Waals surface area contributed by atoms with Crippen LogP contribution in [0.25, 0.3) is 10.8 Å². The van der Waals surface area contributed by atoms with Crippen molar-refractivity contribution in [1.29, 1.82) is 0 Å². The molecule has 0 amide bonds. The van der Waals surface area contributed by atoms with E-state index in [1.807, 2.05) is 0 Å². The molecule has 2 bridgehead atoms. The minimum atomic E-state index is -1.83. The molecule has 1 fully saturated rings. The Hall–Kier alpha value is -4.51. The van der Waals surface area contributed by atoms with Gasteiger partial charge in [-0.3, -0.25) is 14.4 Å². The monoisotopic (exact) mass is 546 g/mol. The Kier molecular flexibility index (Phi) is 4.51. The van der Waals surface area contributed by atoms with Crippen molar-refractivity contribution in [2.45, 2.75) is 37.9 Å². The Morgan fingerprint density at radius 3 is 2.35 bits per heavy atom. The molecule has 4 aliphatic rings. The summed E-state index contributed by atoms with van der Waals surface area (Å²) in [5.74, 6) is -6.33. The number of carbonyl (C=O) groups excluding carboxylic acids is 4. The van der Waals surface area contributed by atoms with Crippen LogP contribution in [0.4, 0.5) is 0 Å². The van der Waals surface area contributed by atoms with Gasteiger partial charge in [-0.1, -0.05) is 0 Å². The summed E-state index contributed by atoms with van der Waals surface area (Å²) in [6.45, 7) is 3.94. The van der Waals surface area contributed by atoms with Gasteiger partial charge in [-0.25, -0.2) is 9.59 Å². The van der Waals surface area contributed by atoms with Crippen LogP contribution in [0.2, 0.25) is 0 Å². The highest BCUT2D eigenvalue weighted by atomic mass is 16.6. The van der Waals surface area contributed by atoms with Crippen molar-refractivity contribution < 1.29 is 48.0 Å². The molecule has 5 atom stereocenters. The van der Waals surface area contributed by atoms with Crippen LogP contribution < -0.4 is 5.63 Å². The fourth-order valence-corrected chi connectivity index (χ4v) is 8.08. The van der Waals surface area contributed by atoms with Crippen LogP contribution >= 0.6 is 0 Å². The second kappa shape index (κ2) is 7.36. The fraction of sp³-hybridized carbons (Fsp3) is 0.345. The zero-order valence-electron chi connectivity index (χ0n) is 21.7. The van der Waals surface area contributed by atoms with Gasteiger partial charge in [0.25, 0.3) is 0 Å². The van der Waals surface area contributed by atoms with Crippen LogP contribution in [0.15, 0.2) is 27.6 Å². The van der Waals surface area contributed by atoms with Crippen molar-refractivity contribution in [2.24, 2.45) is 11.8 Å². The number of cyclic esters (lactones) is 1. The Labute approximate surface area is 225 Å². The minimum Gasteiger partial charge on any atom is -0.507 e. The number of Topliss-reactive ketones (excluding diaryl/α,β-unsaturated/α-hetero) is 2. The van der Waals surface area contributed by atoms with Gasteiger partial charge in [-0.05, 0) is 48.2 Å². The third kappa shape index (κ3) is 2.40. The number of hydrogen-bond acceptors (Lipinski definition) is 11. The van der Waals surface area contributed by atoms with Crippen molar-refractivity contribution in [2.75, 3.05) is 13.7 Å². The SMILES string of the molecule is CO[C@@]12c3c(C)cc(O)c4c(=O)occ(c34)C(=O)[C@@H]1[C@@]13COC(=O)c4c(O)cc(C)c(c41)C(=O)C2[C@@H]3OC(C)=O. The Balaban J connectivity index is 1.73. The maximum absolute atomic E-state index is 14.6. The average Bonchev–Trinajstić information content (AvgIpc) is 3.06. The first-order valence-corrected chi connectivity index (χ1v) is 12.6. The van der Waals surface area contributed by atoms with Crippen LogP contribution in [0, 0.1) is 25.7 Å². The lowest BCUT2D eigenvalue weighted by Gasteiger charge is -2.47. The second-order valence-corrected chi connectivity index (χ2v) is 10.9. The van der Waals surface area contributed by atoms with Crippen LogP contribution in [-0.2, 0) is 30.0 Å². The van der Waals surface area contributed by atoms with Crippen LogP contribution in [0.3, 0.4) is 0 Å². The number of aryl methyl sites for hydroxylation is 2. The molecule has 0 radical (unpaired) electrons. The van der Waals surface area contributed by atoms with Crippen LogP contribution in [0.5, 0.6) is 11.5 Å². The number of rotatable bonds is 2. The topological polar surface area (TPSA) is 167 Å². The lowest BCUT2D eigenvalue weighted by molar-refractivity contribution is -0.154. The largest absolute Gasteiger partial charge is 0.507 e. The van der Waals surface area contributed by atoms with Gasteiger partial charge >= 0.3 is 17.6 Å². The lowest BCUT2D eigenvalue weighted by atomic mass is 9.59. The molecule has 11 heteroatoms. The normalized spacial score (nSPS) is 29.2. The third-order valence-corrected chi connectivity index (χ3v) is 9.17. The minimum absolute atomic E-state index is 0.0471. The van der Waals surface area contributed by atoms with Gasteiger partial charge in [0.05, 0.1) is 22.8 Å². The molecule has 2 heterocycles. The Morgan fingerprint density at radius 2 is 1.68 bits per heavy atom. The van der Waals surface area contributed by atoms with E-state index < -0.39 is 76.2 Å². The summed E-state index contributed by atoms with van der Waals surface area (Å²) in [7, 11) is 1.31. The molecule has 3 aliphatic carbocycles. The number of carbonyl (C=O) groups is 4. The van der Waals surface area contributed by atoms with E-state index in [2.05, 4.69) is 0 Å². The third-order valence-electron chi connectivity index (χ3n) is 9.17. The summed E-state index contributed by atoms with van der Waals surface area (Å²) in [6.07, 6.45) is -0.353. The first-order chi connectivity index (χ1) is 18.9. The van der Waals surface area contributed by atoms with Gasteiger partial charge in [0.15, 0.2) is 11.6 Å². The molecule has 11 nitrogen and oxygen atoms in total. The first-order valence-electron chi connectivity index (χ1n) is 12.6. The summed E-state index contributed by atoms with van der Waals surface area (Å²) >= 11 is 0. The van der Waals surface area contributed by atoms with Crippen molar-refractivity contribution in [3.63, 3.8) is 0 Å². The number of benzene rings is 2. The summed E-state index contributed by atoms with van der Waals surface area (Å²) in [5.41, 5.74) is -3.47. The zero-order valence-corrected chi connectivity index (χ0v) is 21.7. The van der Waals surface area contributed by atoms with Crippen molar-refractivity contribution >= 4 is 34.3 Å². The van der Waals surface area contributed by atoms with Gasteiger partial charge in [0.1, 0.15) is 47.0 Å². The van der Waals surface area contributed by atoms with E-state index in [-0.39, 0.29) is 38.6 Å². The summed E-state index contributed by atoms with van der Waals surface area (Å²) in [6, 6.07) is 2.61. The molecular formula is C29H22O11. The summed E-state index contributed by atoms with van der Waals surface area (Å²) in [4.78, 5) is 67.6. The standard InChI is InChI=1S/C29H22O11/c1-9-5-14(32)18-20-15(9)23(34)21-25(40-11(3)30)28(20,8-39-27(18)36)24-22(33)12-7-38-26(35)17-13(31)6-10(2)19(16(12)17)29(21,24)37-4/h5-7,21,24-25,31-32H,8H2,1-4H3/t21?,24-,25+,28-,29-/m1/s1. The zero-order chi connectivity index (χ0) is 28.6. The van der Waals surface area contributed by atoms with Gasteiger partial charge in [-0.2, -0.15) is 0 Å². The van der Waals surface area contributed by atoms with Gasteiger partial charge in [0, 0.05) is 25.0 Å². The number of aromatic hydroxyl groups is 2. The number of esters is 2. The van der Waals surface area contributed by atoms with E-state index in [0.29, 0.717) is 11.1 Å². The Morgan fingerprint density at radius 1 is 0.975 bits per heavy atom. The molecule has 40 heavy (non-hydrogen) atoms. The van der Waals surface area contributed by atoms with Crippen LogP contribution in [-0.4, -0.2) is 53.5 Å². The molecule has 0 saturated heterocycles. The molecular weight excluding hydrogens is 524 g/mol. The molecule has 1 spiro atoms. The van der Waals surface area contributed by atoms with Gasteiger partial charge < -0.3 is 28.8 Å². The summed E-state index contributed by atoms with van der Waals surface area (Å²) < 4.78 is 22.8. The number of ketones is 2. The highest BCUT2D eigenvalue weighted by Crippen LogP contribution is 2.70. The maximum Gasteiger partial charge on any atom is 0.347 e. The number of phenols is 2. The van der Waals surface area contributed by atoms with E-state index in [1.165, 1.54) is 19.2 Å². The van der Waals surface area contributed by atoms with E-state index in [1.54, 1.807) is 13.8 Å². The maximum atomic E-state index is 14.6. The molecule has 7 rings (SSSR count). The Bertz CT molecular complexity index is 1850. The van der Waals surface area contributed by atoms with E-state index in [9.17, 15) is 34.2 Å². The number of fused-ring (bicyclic) bond motifs is 4. The molecule has 204 valence electrons. The predicted octanol–water partition coefficient (Wildman–Crippen LogP) is 2.34. The van der Waals surface area contributed by atoms with Gasteiger partial charge in [0.2, 0.25) is 0 Å². The lowest BCUT2D eigenvalue weighted by Crippen LogP contribution is -2.57. The smallest absolute Gasteiger partial charge is 0.347 e. The molecule has 2 N–H and O–H groups in total. The highest BCUT2D eigenvalue weighted by molar-refractivity contribution is 6.19. The number of methoxy groups -OCH3 is 1. The highest BCUT2D eigenvalue weighted by Gasteiger charge is 2.80. The molecule has 1 aliphatic heterocycles. The number of ether oxygens (including phenoxy) is 3. The van der Waals surface area contributed by atoms with Crippen LogP contribution in [0.1, 0.15) is 60.3 Å². The van der Waals surface area contributed by atoms with Crippen molar-refractivity contribution in [1.82, 2.24) is 0 Å². The average molecular weight is 546 g/mol. The van der Waals surface area contributed by atoms with E-state index in [4.69, 9.17) is 18.6 Å². The van der Waals surface area contributed by atoms with E-state index in [0.717, 1.165) is 13.2 Å². The number of hydrogen-bond donors (Lipinski definition) is 2. The van der Waals surface area contributed by atoms with Crippen molar-refractivity contribution in [3.05, 3.63) is 67.8 Å². The molecule has 1 aromatic heterocycles. The fourth-order valence-electron chi connectivity index (χ4n) is 8.08. The molecule has 3 aromatic rings. The number of phenolic OH excluding ortho intramolecular Hbond substituents is 2. The molecule has 1 saturated carbocycles. The second-order valence-electron chi connectivity index (χ2n) is 10.9.